The Hall–Kier alpha value is -2.56. The van der Waals surface area contributed by atoms with Crippen molar-refractivity contribution in [2.24, 2.45) is 5.92 Å². The molecule has 186 valence electrons. The second-order valence-corrected chi connectivity index (χ2v) is 12.5. The van der Waals surface area contributed by atoms with Crippen LogP contribution >= 0.6 is 11.3 Å². The molecule has 1 saturated heterocycles. The van der Waals surface area contributed by atoms with Crippen molar-refractivity contribution in [1.29, 1.82) is 0 Å². The topological polar surface area (TPSA) is 105 Å². The van der Waals surface area contributed by atoms with Crippen molar-refractivity contribution >= 4 is 33.0 Å². The lowest BCUT2D eigenvalue weighted by Crippen LogP contribution is -2.43. The Bertz CT molecular complexity index is 1310. The summed E-state index contributed by atoms with van der Waals surface area (Å²) in [4.78, 5) is 19.0. The van der Waals surface area contributed by atoms with Crippen LogP contribution in [0.5, 0.6) is 0 Å². The van der Waals surface area contributed by atoms with E-state index in [2.05, 4.69) is 22.4 Å². The van der Waals surface area contributed by atoms with Gasteiger partial charge in [-0.05, 0) is 62.8 Å². The van der Waals surface area contributed by atoms with Gasteiger partial charge in [-0.1, -0.05) is 30.6 Å². The van der Waals surface area contributed by atoms with Gasteiger partial charge in [0.15, 0.2) is 0 Å². The van der Waals surface area contributed by atoms with Crippen LogP contribution in [0.4, 0.5) is 5.69 Å². The second kappa shape index (κ2) is 9.83. The van der Waals surface area contributed by atoms with Crippen molar-refractivity contribution in [3.63, 3.8) is 0 Å². The molecule has 1 amide bonds. The van der Waals surface area contributed by atoms with Crippen molar-refractivity contribution in [3.05, 3.63) is 46.7 Å². The third-order valence-electron chi connectivity index (χ3n) is 6.99. The molecular formula is C25H30N4O4S2. The molecule has 1 N–H and O–H groups in total. The largest absolute Gasteiger partial charge is 0.339 e. The van der Waals surface area contributed by atoms with Gasteiger partial charge < -0.3 is 9.84 Å². The van der Waals surface area contributed by atoms with Gasteiger partial charge in [0.05, 0.1) is 15.7 Å². The maximum Gasteiger partial charge on any atom is 0.244 e. The Balaban J connectivity index is 1.30. The van der Waals surface area contributed by atoms with Gasteiger partial charge in [0.2, 0.25) is 27.6 Å². The fraction of sp³-hybridized carbons (Fsp3) is 0.480. The lowest BCUT2D eigenvalue weighted by molar-refractivity contribution is -0.120. The second-order valence-electron chi connectivity index (χ2n) is 9.36. The van der Waals surface area contributed by atoms with Gasteiger partial charge in [-0.15, -0.1) is 11.3 Å². The molecular weight excluding hydrogens is 484 g/mol. The fourth-order valence-electron chi connectivity index (χ4n) is 4.57. The maximum atomic E-state index is 13.6. The summed E-state index contributed by atoms with van der Waals surface area (Å²) in [6.45, 7) is 4.44. The van der Waals surface area contributed by atoms with E-state index in [1.807, 2.05) is 24.3 Å². The lowest BCUT2D eigenvalue weighted by atomic mass is 9.85. The minimum atomic E-state index is -3.75. The average Bonchev–Trinajstić information content (AvgIpc) is 3.46. The number of amides is 1. The van der Waals surface area contributed by atoms with E-state index in [1.54, 1.807) is 13.0 Å². The number of piperidine rings is 1. The van der Waals surface area contributed by atoms with Crippen LogP contribution in [0.15, 0.2) is 39.8 Å². The van der Waals surface area contributed by atoms with Crippen LogP contribution in [-0.4, -0.2) is 41.9 Å². The number of aromatic nitrogens is 2. The third kappa shape index (κ3) is 4.92. The molecule has 0 radical (unpaired) electrons. The molecule has 0 spiro atoms. The van der Waals surface area contributed by atoms with E-state index in [1.165, 1.54) is 27.6 Å². The molecule has 3 aromatic rings. The Kier molecular flexibility index (Phi) is 6.78. The summed E-state index contributed by atoms with van der Waals surface area (Å²) in [5.41, 5.74) is 1.93. The first-order valence-corrected chi connectivity index (χ1v) is 14.4. The molecule has 1 aliphatic carbocycles. The molecule has 5 rings (SSSR count). The molecule has 35 heavy (non-hydrogen) atoms. The summed E-state index contributed by atoms with van der Waals surface area (Å²) in [5, 5.41) is 7.03. The van der Waals surface area contributed by atoms with Gasteiger partial charge in [0.25, 0.3) is 0 Å². The van der Waals surface area contributed by atoms with Crippen LogP contribution in [0.3, 0.4) is 0 Å². The van der Waals surface area contributed by atoms with Gasteiger partial charge in [0.1, 0.15) is 0 Å². The number of carbonyl (C=O) groups excluding carboxylic acids is 1. The zero-order valence-electron chi connectivity index (χ0n) is 20.0. The first kappa shape index (κ1) is 24.1. The van der Waals surface area contributed by atoms with E-state index in [0.717, 1.165) is 24.9 Å². The Morgan fingerprint density at radius 2 is 1.97 bits per heavy atom. The average molecular weight is 515 g/mol. The molecule has 10 heteroatoms. The normalized spacial score (nSPS) is 19.4. The molecule has 0 unspecified atom stereocenters. The number of hydrogen-bond acceptors (Lipinski definition) is 7. The number of carbonyl (C=O) groups is 1. The summed E-state index contributed by atoms with van der Waals surface area (Å²) < 4.78 is 34.0. The summed E-state index contributed by atoms with van der Waals surface area (Å²) in [6.07, 6.45) is 5.50. The zero-order valence-corrected chi connectivity index (χ0v) is 21.6. The van der Waals surface area contributed by atoms with Crippen LogP contribution in [-0.2, 0) is 21.2 Å². The summed E-state index contributed by atoms with van der Waals surface area (Å²) >= 11 is 1.35. The Labute approximate surface area is 209 Å². The maximum absolute atomic E-state index is 13.6. The van der Waals surface area contributed by atoms with Crippen LogP contribution in [0.2, 0.25) is 0 Å². The van der Waals surface area contributed by atoms with Crippen molar-refractivity contribution < 1.29 is 17.7 Å². The van der Waals surface area contributed by atoms with Gasteiger partial charge in [-0.2, -0.15) is 9.29 Å². The van der Waals surface area contributed by atoms with Gasteiger partial charge >= 0.3 is 0 Å². The monoisotopic (exact) mass is 514 g/mol. The molecule has 3 heterocycles. The van der Waals surface area contributed by atoms with E-state index < -0.39 is 15.9 Å². The number of anilines is 1. The zero-order chi connectivity index (χ0) is 24.6. The number of aryl methyl sites for hydroxylation is 2. The molecule has 8 nitrogen and oxygen atoms in total. The van der Waals surface area contributed by atoms with Crippen molar-refractivity contribution in [3.8, 4) is 10.7 Å². The summed E-state index contributed by atoms with van der Waals surface area (Å²) in [6, 6.07) is 9.40. The third-order valence-corrected chi connectivity index (χ3v) is 10.2. The molecule has 2 fully saturated rings. The standard InChI is InChI=1S/C25H30N4O4S2/c1-3-17-9-11-20(12-10-17)26-24(30)19-8-5-13-29(15-19)35(31,32)22-14-21(34-16(22)2)23-27-25(33-28-23)18-6-4-7-18/h9-12,14,18-19H,3-8,13,15H2,1-2H3,(H,26,30)/t19-/m0/s1. The van der Waals surface area contributed by atoms with Crippen molar-refractivity contribution in [2.45, 2.75) is 63.2 Å². The van der Waals surface area contributed by atoms with Crippen molar-refractivity contribution in [2.75, 3.05) is 18.4 Å². The number of thiophene rings is 1. The molecule has 2 aromatic heterocycles. The number of nitrogens with one attached hydrogen (secondary N) is 1. The molecule has 1 aromatic carbocycles. The van der Waals surface area contributed by atoms with Crippen LogP contribution in [0.1, 0.15) is 61.3 Å². The molecule has 2 aliphatic rings. The first-order chi connectivity index (χ1) is 16.8. The highest BCUT2D eigenvalue weighted by molar-refractivity contribution is 7.89. The lowest BCUT2D eigenvalue weighted by Gasteiger charge is -2.31. The molecule has 1 atom stereocenters. The smallest absolute Gasteiger partial charge is 0.244 e. The van der Waals surface area contributed by atoms with Crippen LogP contribution in [0, 0.1) is 12.8 Å². The molecule has 1 saturated carbocycles. The van der Waals surface area contributed by atoms with Gasteiger partial charge in [-0.3, -0.25) is 4.79 Å². The Morgan fingerprint density at radius 3 is 2.66 bits per heavy atom. The fourth-order valence-corrected chi connectivity index (χ4v) is 7.58. The van der Waals surface area contributed by atoms with Gasteiger partial charge in [0, 0.05) is 29.6 Å². The number of rotatable bonds is 7. The number of nitrogens with zero attached hydrogens (tertiary/aromatic N) is 3. The highest BCUT2D eigenvalue weighted by atomic mass is 32.2. The van der Waals surface area contributed by atoms with E-state index >= 15 is 0 Å². The predicted octanol–water partition coefficient (Wildman–Crippen LogP) is 4.98. The SMILES string of the molecule is CCc1ccc(NC(=O)[C@H]2CCCN(S(=O)(=O)c3cc(-c4noc(C5CCC5)n4)sc3C)C2)cc1. The van der Waals surface area contributed by atoms with E-state index in [9.17, 15) is 13.2 Å². The minimum Gasteiger partial charge on any atom is -0.339 e. The highest BCUT2D eigenvalue weighted by Gasteiger charge is 2.35. The minimum absolute atomic E-state index is 0.146. The van der Waals surface area contributed by atoms with Gasteiger partial charge in [-0.25, -0.2) is 8.42 Å². The highest BCUT2D eigenvalue weighted by Crippen LogP contribution is 2.38. The van der Waals surface area contributed by atoms with Crippen LogP contribution in [0.25, 0.3) is 10.7 Å². The number of sulfonamides is 1. The van der Waals surface area contributed by atoms with Crippen LogP contribution < -0.4 is 5.32 Å². The Morgan fingerprint density at radius 1 is 1.20 bits per heavy atom. The predicted molar refractivity (Wildman–Crippen MR) is 135 cm³/mol. The quantitative estimate of drug-likeness (QED) is 0.477. The molecule has 0 bridgehead atoms. The summed E-state index contributed by atoms with van der Waals surface area (Å²) in [5.74, 6) is 0.848. The first-order valence-electron chi connectivity index (χ1n) is 12.2. The van der Waals surface area contributed by atoms with E-state index in [0.29, 0.717) is 46.8 Å². The number of benzene rings is 1. The van der Waals surface area contributed by atoms with Crippen molar-refractivity contribution in [1.82, 2.24) is 14.4 Å². The summed E-state index contributed by atoms with van der Waals surface area (Å²) in [7, 11) is -3.75. The number of hydrogen-bond donors (Lipinski definition) is 1. The van der Waals surface area contributed by atoms with E-state index in [-0.39, 0.29) is 17.3 Å². The van der Waals surface area contributed by atoms with E-state index in [4.69, 9.17) is 4.52 Å². The molecule has 1 aliphatic heterocycles.